The van der Waals surface area contributed by atoms with Crippen molar-refractivity contribution in [2.24, 2.45) is 0 Å². The van der Waals surface area contributed by atoms with Gasteiger partial charge in [-0.3, -0.25) is 4.79 Å². The first-order valence-corrected chi connectivity index (χ1v) is 7.31. The number of fused-ring (bicyclic) bond motifs is 1. The lowest BCUT2D eigenvalue weighted by Gasteiger charge is -2.23. The molecule has 2 N–H and O–H groups in total. The van der Waals surface area contributed by atoms with Gasteiger partial charge in [-0.05, 0) is 12.1 Å². The number of hydrogen-bond acceptors (Lipinski definition) is 8. The molecule has 136 valence electrons. The van der Waals surface area contributed by atoms with Crippen LogP contribution in [0.1, 0.15) is 0 Å². The van der Waals surface area contributed by atoms with Crippen molar-refractivity contribution < 1.29 is 33.4 Å². The van der Waals surface area contributed by atoms with Gasteiger partial charge in [0.25, 0.3) is 5.91 Å². The fourth-order valence-electron chi connectivity index (χ4n) is 2.22. The first-order chi connectivity index (χ1) is 12.4. The Morgan fingerprint density at radius 2 is 1.46 bits per heavy atom. The number of amides is 1. The molecule has 0 aromatic heterocycles. The van der Waals surface area contributed by atoms with Gasteiger partial charge in [-0.15, -0.1) is 0 Å². The van der Waals surface area contributed by atoms with Crippen molar-refractivity contribution in [1.82, 2.24) is 0 Å². The summed E-state index contributed by atoms with van der Waals surface area (Å²) >= 11 is 0. The smallest absolute Gasteiger partial charge is 0.341 e. The van der Waals surface area contributed by atoms with Gasteiger partial charge in [-0.25, -0.2) is 14.4 Å². The third kappa shape index (κ3) is 3.72. The maximum absolute atomic E-state index is 12.5. The first kappa shape index (κ1) is 18.7. The molecule has 1 amide bonds. The van der Waals surface area contributed by atoms with Gasteiger partial charge in [-0.1, -0.05) is 12.1 Å². The average Bonchev–Trinajstić information content (AvgIpc) is 2.66. The molecule has 0 radical (unpaired) electrons. The Bertz CT molecular complexity index is 839. The molecule has 1 aromatic rings. The van der Waals surface area contributed by atoms with Gasteiger partial charge in [-0.2, -0.15) is 0 Å². The molecule has 0 aliphatic carbocycles. The SMILES string of the molecule is COC(=O)/C=C(C(=O)OC)\C(C(=O)OC)=C1/Nc2ccccc2NC1=O. The molecule has 9 nitrogen and oxygen atoms in total. The number of rotatable bonds is 4. The van der Waals surface area contributed by atoms with E-state index in [2.05, 4.69) is 24.8 Å². The molecule has 0 atom stereocenters. The Balaban J connectivity index is 2.69. The van der Waals surface area contributed by atoms with Crippen molar-refractivity contribution in [1.29, 1.82) is 0 Å². The number of methoxy groups -OCH3 is 3. The van der Waals surface area contributed by atoms with Gasteiger partial charge in [0.2, 0.25) is 0 Å². The lowest BCUT2D eigenvalue weighted by Crippen LogP contribution is -2.31. The lowest BCUT2D eigenvalue weighted by atomic mass is 10.0. The van der Waals surface area contributed by atoms with Crippen LogP contribution in [0.25, 0.3) is 0 Å². The minimum atomic E-state index is -1.02. The average molecular weight is 360 g/mol. The molecular weight excluding hydrogens is 344 g/mol. The zero-order valence-corrected chi connectivity index (χ0v) is 14.2. The second kappa shape index (κ2) is 7.97. The molecule has 2 rings (SSSR count). The summed E-state index contributed by atoms with van der Waals surface area (Å²) in [7, 11) is 3.24. The molecule has 0 saturated heterocycles. The number of carbonyl (C=O) groups is 4. The Morgan fingerprint density at radius 3 is 2.00 bits per heavy atom. The largest absolute Gasteiger partial charge is 0.466 e. The Hall–Kier alpha value is -3.62. The number of anilines is 2. The van der Waals surface area contributed by atoms with E-state index in [1.807, 2.05) is 0 Å². The van der Waals surface area contributed by atoms with Crippen LogP contribution in [0.3, 0.4) is 0 Å². The third-order valence-corrected chi connectivity index (χ3v) is 3.44. The first-order valence-electron chi connectivity index (χ1n) is 7.31. The maximum Gasteiger partial charge on any atom is 0.341 e. The third-order valence-electron chi connectivity index (χ3n) is 3.44. The van der Waals surface area contributed by atoms with Crippen LogP contribution in [0.15, 0.2) is 47.2 Å². The molecule has 0 fully saturated rings. The monoisotopic (exact) mass is 360 g/mol. The lowest BCUT2D eigenvalue weighted by molar-refractivity contribution is -0.140. The molecule has 0 bridgehead atoms. The number of hydrogen-bond donors (Lipinski definition) is 2. The molecule has 1 aliphatic rings. The number of para-hydroxylation sites is 2. The summed E-state index contributed by atoms with van der Waals surface area (Å²) in [5.74, 6) is -3.63. The number of ether oxygens (including phenoxy) is 3. The summed E-state index contributed by atoms with van der Waals surface area (Å²) in [6.07, 6.45) is 0.751. The van der Waals surface area contributed by atoms with E-state index < -0.39 is 35.0 Å². The summed E-state index contributed by atoms with van der Waals surface area (Å²) < 4.78 is 13.8. The van der Waals surface area contributed by atoms with Crippen LogP contribution in [0, 0.1) is 0 Å². The van der Waals surface area contributed by atoms with E-state index in [-0.39, 0.29) is 5.70 Å². The van der Waals surface area contributed by atoms with Gasteiger partial charge >= 0.3 is 17.9 Å². The Labute approximate surface area is 148 Å². The molecule has 26 heavy (non-hydrogen) atoms. The highest BCUT2D eigenvalue weighted by Gasteiger charge is 2.33. The minimum absolute atomic E-state index is 0.267. The summed E-state index contributed by atoms with van der Waals surface area (Å²) in [6, 6.07) is 6.74. The van der Waals surface area contributed by atoms with Crippen molar-refractivity contribution in [3.8, 4) is 0 Å². The standard InChI is InChI=1S/C17H16N2O7/c1-24-12(20)8-9(16(22)25-2)13(17(23)26-3)14-15(21)19-11-7-5-4-6-10(11)18-14/h4-8,18H,1-3H3,(H,19,21)/b9-8+,14-13+. The highest BCUT2D eigenvalue weighted by atomic mass is 16.5. The van der Waals surface area contributed by atoms with Gasteiger partial charge in [0.15, 0.2) is 0 Å². The molecule has 9 heteroatoms. The second-order valence-electron chi connectivity index (χ2n) is 4.94. The van der Waals surface area contributed by atoms with E-state index in [0.29, 0.717) is 11.4 Å². The van der Waals surface area contributed by atoms with E-state index in [1.54, 1.807) is 24.3 Å². The second-order valence-corrected chi connectivity index (χ2v) is 4.94. The van der Waals surface area contributed by atoms with Crippen molar-refractivity contribution >= 4 is 35.2 Å². The maximum atomic E-state index is 12.5. The van der Waals surface area contributed by atoms with E-state index in [0.717, 1.165) is 27.4 Å². The van der Waals surface area contributed by atoms with E-state index in [1.165, 1.54) is 0 Å². The molecule has 1 heterocycles. The molecule has 1 aromatic carbocycles. The van der Waals surface area contributed by atoms with Crippen molar-refractivity contribution in [2.45, 2.75) is 0 Å². The normalized spacial score (nSPS) is 15.0. The summed E-state index contributed by atoms with van der Waals surface area (Å²) in [4.78, 5) is 48.5. The van der Waals surface area contributed by atoms with Crippen LogP contribution < -0.4 is 10.6 Å². The number of nitrogens with one attached hydrogen (secondary N) is 2. The summed E-state index contributed by atoms with van der Waals surface area (Å²) in [5, 5.41) is 5.36. The quantitative estimate of drug-likeness (QED) is 0.458. The van der Waals surface area contributed by atoms with Gasteiger partial charge in [0.1, 0.15) is 11.3 Å². The van der Waals surface area contributed by atoms with E-state index in [4.69, 9.17) is 0 Å². The van der Waals surface area contributed by atoms with Gasteiger partial charge in [0.05, 0.1) is 38.3 Å². The van der Waals surface area contributed by atoms with Crippen LogP contribution in [0.5, 0.6) is 0 Å². The van der Waals surface area contributed by atoms with Gasteiger partial charge in [0, 0.05) is 6.08 Å². The number of benzene rings is 1. The molecule has 0 saturated carbocycles. The zero-order valence-electron chi connectivity index (χ0n) is 14.2. The van der Waals surface area contributed by atoms with Gasteiger partial charge < -0.3 is 24.8 Å². The molecule has 1 aliphatic heterocycles. The topological polar surface area (TPSA) is 120 Å². The van der Waals surface area contributed by atoms with E-state index in [9.17, 15) is 19.2 Å². The van der Waals surface area contributed by atoms with Crippen molar-refractivity contribution in [2.75, 3.05) is 32.0 Å². The summed E-state index contributed by atoms with van der Waals surface area (Å²) in [6.45, 7) is 0. The predicted octanol–water partition coefficient (Wildman–Crippen LogP) is 0.750. The van der Waals surface area contributed by atoms with Crippen molar-refractivity contribution in [3.05, 3.63) is 47.2 Å². The minimum Gasteiger partial charge on any atom is -0.466 e. The fraction of sp³-hybridized carbons (Fsp3) is 0.176. The molecule has 0 unspecified atom stereocenters. The number of carbonyl (C=O) groups excluding carboxylic acids is 4. The van der Waals surface area contributed by atoms with Crippen LogP contribution in [0.4, 0.5) is 11.4 Å². The Kier molecular flexibility index (Phi) is 5.74. The number of esters is 3. The van der Waals surface area contributed by atoms with Crippen LogP contribution in [0.2, 0.25) is 0 Å². The molecular formula is C17H16N2O7. The van der Waals surface area contributed by atoms with Crippen LogP contribution in [-0.4, -0.2) is 45.1 Å². The summed E-state index contributed by atoms with van der Waals surface area (Å²) in [5.41, 5.74) is -0.232. The molecule has 0 spiro atoms. The fourth-order valence-corrected chi connectivity index (χ4v) is 2.22. The van der Waals surface area contributed by atoms with E-state index >= 15 is 0 Å². The highest BCUT2D eigenvalue weighted by Crippen LogP contribution is 2.30. The Morgan fingerprint density at radius 1 is 0.885 bits per heavy atom. The zero-order chi connectivity index (χ0) is 19.3. The highest BCUT2D eigenvalue weighted by molar-refractivity contribution is 6.20. The predicted molar refractivity (Wildman–Crippen MR) is 89.9 cm³/mol. The van der Waals surface area contributed by atoms with Crippen molar-refractivity contribution in [3.63, 3.8) is 0 Å². The van der Waals surface area contributed by atoms with Crippen LogP contribution in [-0.2, 0) is 33.4 Å². The van der Waals surface area contributed by atoms with Crippen LogP contribution >= 0.6 is 0 Å².